The van der Waals surface area contributed by atoms with Crippen molar-refractivity contribution < 1.29 is 29.0 Å². The first-order valence-corrected chi connectivity index (χ1v) is 11.3. The van der Waals surface area contributed by atoms with E-state index in [0.717, 1.165) is 6.42 Å². The van der Waals surface area contributed by atoms with Crippen molar-refractivity contribution in [1.82, 2.24) is 15.1 Å². The van der Waals surface area contributed by atoms with Crippen molar-refractivity contribution in [2.45, 2.75) is 84.4 Å². The molecule has 0 unspecified atom stereocenters. The van der Waals surface area contributed by atoms with Crippen LogP contribution in [0.4, 0.5) is 4.79 Å². The van der Waals surface area contributed by atoms with E-state index >= 15 is 0 Å². The number of aliphatic carboxylic acids is 1. The molecule has 9 heteroatoms. The van der Waals surface area contributed by atoms with Crippen LogP contribution >= 0.6 is 0 Å². The van der Waals surface area contributed by atoms with E-state index in [1.807, 2.05) is 6.92 Å². The Morgan fingerprint density at radius 1 is 1.10 bits per heavy atom. The van der Waals surface area contributed by atoms with Crippen molar-refractivity contribution in [3.63, 3.8) is 0 Å². The lowest BCUT2D eigenvalue weighted by molar-refractivity contribution is -0.144. The zero-order valence-electron chi connectivity index (χ0n) is 19.3. The third kappa shape index (κ3) is 6.58. The summed E-state index contributed by atoms with van der Waals surface area (Å²) in [4.78, 5) is 52.8. The number of carboxylic acids is 1. The number of nitrogens with one attached hydrogen (secondary N) is 1. The Bertz CT molecular complexity index is 681. The fraction of sp³-hybridized carbons (Fsp3) is 0.818. The molecular formula is C22H37N3O6. The maximum absolute atomic E-state index is 13.1. The Kier molecular flexibility index (Phi) is 8.31. The van der Waals surface area contributed by atoms with E-state index in [1.165, 1.54) is 4.90 Å². The van der Waals surface area contributed by atoms with Crippen LogP contribution in [0, 0.1) is 11.8 Å². The Labute approximate surface area is 184 Å². The van der Waals surface area contributed by atoms with E-state index in [2.05, 4.69) is 5.32 Å². The molecule has 0 aliphatic carbocycles. The SMILES string of the molecule is CC[C@@H](C)[C@H](NC(=O)C1CCN(C(=O)[C@@H]2CCCN2C(=O)OC(C)(C)C)CC1)C(=O)O. The summed E-state index contributed by atoms with van der Waals surface area (Å²) < 4.78 is 5.44. The van der Waals surface area contributed by atoms with Crippen LogP contribution in [0.3, 0.4) is 0 Å². The Morgan fingerprint density at radius 3 is 2.23 bits per heavy atom. The van der Waals surface area contributed by atoms with Gasteiger partial charge in [0.1, 0.15) is 17.7 Å². The number of hydrogen-bond donors (Lipinski definition) is 2. The molecule has 3 amide bonds. The summed E-state index contributed by atoms with van der Waals surface area (Å²) in [6.07, 6.45) is 2.49. The monoisotopic (exact) mass is 439 g/mol. The second-order valence-electron chi connectivity index (χ2n) is 9.64. The number of rotatable bonds is 6. The first kappa shape index (κ1) is 24.9. The number of likely N-dealkylation sites (tertiary alicyclic amines) is 2. The second-order valence-corrected chi connectivity index (χ2v) is 9.64. The van der Waals surface area contributed by atoms with Crippen LogP contribution in [0.25, 0.3) is 0 Å². The van der Waals surface area contributed by atoms with E-state index in [9.17, 15) is 24.3 Å². The highest BCUT2D eigenvalue weighted by Gasteiger charge is 2.40. The van der Waals surface area contributed by atoms with Gasteiger partial charge in [-0.25, -0.2) is 9.59 Å². The van der Waals surface area contributed by atoms with Gasteiger partial charge in [0.25, 0.3) is 0 Å². The van der Waals surface area contributed by atoms with Crippen LogP contribution in [0.2, 0.25) is 0 Å². The molecule has 0 aromatic heterocycles. The van der Waals surface area contributed by atoms with Gasteiger partial charge in [-0.05, 0) is 52.4 Å². The third-order valence-corrected chi connectivity index (χ3v) is 6.12. The summed E-state index contributed by atoms with van der Waals surface area (Å²) in [6.45, 7) is 10.4. The van der Waals surface area contributed by atoms with Crippen LogP contribution in [-0.4, -0.2) is 76.1 Å². The fourth-order valence-corrected chi connectivity index (χ4v) is 4.09. The van der Waals surface area contributed by atoms with Crippen LogP contribution in [0.15, 0.2) is 0 Å². The fourth-order valence-electron chi connectivity index (χ4n) is 4.09. The van der Waals surface area contributed by atoms with E-state index < -0.39 is 29.7 Å². The number of piperidine rings is 1. The molecule has 176 valence electrons. The number of carbonyl (C=O) groups excluding carboxylic acids is 3. The first-order chi connectivity index (χ1) is 14.4. The topological polar surface area (TPSA) is 116 Å². The van der Waals surface area contributed by atoms with Crippen molar-refractivity contribution in [2.75, 3.05) is 19.6 Å². The number of carbonyl (C=O) groups is 4. The quantitative estimate of drug-likeness (QED) is 0.656. The summed E-state index contributed by atoms with van der Waals surface area (Å²) in [5.74, 6) is -1.88. The highest BCUT2D eigenvalue weighted by atomic mass is 16.6. The molecule has 2 heterocycles. The van der Waals surface area contributed by atoms with Gasteiger partial charge < -0.3 is 20.1 Å². The number of amides is 3. The summed E-state index contributed by atoms with van der Waals surface area (Å²) >= 11 is 0. The number of nitrogens with zero attached hydrogens (tertiary/aromatic N) is 2. The molecule has 2 N–H and O–H groups in total. The summed E-state index contributed by atoms with van der Waals surface area (Å²) in [5.41, 5.74) is -0.623. The molecule has 2 aliphatic rings. The standard InChI is InChI=1S/C22H37N3O6/c1-6-14(2)17(20(28)29)23-18(26)15-9-12-24(13-10-15)19(27)16-8-7-11-25(16)21(30)31-22(3,4)5/h14-17H,6-13H2,1-5H3,(H,23,26)(H,28,29)/t14-,16+,17+/m1/s1. The van der Waals surface area contributed by atoms with Crippen LogP contribution in [0.1, 0.15) is 66.7 Å². The molecule has 2 saturated heterocycles. The van der Waals surface area contributed by atoms with E-state index in [-0.39, 0.29) is 23.7 Å². The van der Waals surface area contributed by atoms with Crippen molar-refractivity contribution >= 4 is 23.9 Å². The predicted molar refractivity (Wildman–Crippen MR) is 114 cm³/mol. The lowest BCUT2D eigenvalue weighted by atomic mass is 9.93. The van der Waals surface area contributed by atoms with Crippen molar-refractivity contribution in [3.8, 4) is 0 Å². The lowest BCUT2D eigenvalue weighted by Gasteiger charge is -2.35. The van der Waals surface area contributed by atoms with Gasteiger partial charge >= 0.3 is 12.1 Å². The van der Waals surface area contributed by atoms with Crippen molar-refractivity contribution in [2.24, 2.45) is 11.8 Å². The van der Waals surface area contributed by atoms with E-state index in [0.29, 0.717) is 45.3 Å². The molecule has 2 aliphatic heterocycles. The van der Waals surface area contributed by atoms with Crippen LogP contribution in [0.5, 0.6) is 0 Å². The molecule has 0 radical (unpaired) electrons. The molecule has 3 atom stereocenters. The van der Waals surface area contributed by atoms with Crippen LogP contribution < -0.4 is 5.32 Å². The largest absolute Gasteiger partial charge is 0.480 e. The number of hydrogen-bond acceptors (Lipinski definition) is 5. The minimum Gasteiger partial charge on any atom is -0.480 e. The molecule has 2 fully saturated rings. The number of ether oxygens (including phenoxy) is 1. The number of carboxylic acid groups (broad SMARTS) is 1. The molecule has 9 nitrogen and oxygen atoms in total. The smallest absolute Gasteiger partial charge is 0.410 e. The second kappa shape index (κ2) is 10.3. The first-order valence-electron chi connectivity index (χ1n) is 11.3. The van der Waals surface area contributed by atoms with Gasteiger partial charge in [-0.3, -0.25) is 14.5 Å². The molecule has 0 bridgehead atoms. The van der Waals surface area contributed by atoms with Gasteiger partial charge in [0.05, 0.1) is 0 Å². The third-order valence-electron chi connectivity index (χ3n) is 6.12. The maximum Gasteiger partial charge on any atom is 0.410 e. The molecule has 0 saturated carbocycles. The van der Waals surface area contributed by atoms with Gasteiger partial charge in [-0.1, -0.05) is 20.3 Å². The van der Waals surface area contributed by atoms with Gasteiger partial charge in [-0.15, -0.1) is 0 Å². The minimum atomic E-state index is -1.03. The summed E-state index contributed by atoms with van der Waals surface area (Å²) in [5, 5.41) is 12.1. The molecule has 0 aromatic carbocycles. The zero-order valence-corrected chi connectivity index (χ0v) is 19.3. The summed E-state index contributed by atoms with van der Waals surface area (Å²) in [7, 11) is 0. The Morgan fingerprint density at radius 2 is 1.71 bits per heavy atom. The van der Waals surface area contributed by atoms with Crippen molar-refractivity contribution in [1.29, 1.82) is 0 Å². The van der Waals surface area contributed by atoms with Gasteiger partial charge in [0, 0.05) is 25.6 Å². The molecule has 0 spiro atoms. The normalized spacial score (nSPS) is 22.0. The predicted octanol–water partition coefficient (Wildman–Crippen LogP) is 2.24. The maximum atomic E-state index is 13.1. The molecule has 0 aromatic rings. The Hall–Kier alpha value is -2.32. The van der Waals surface area contributed by atoms with Gasteiger partial charge in [-0.2, -0.15) is 0 Å². The molecular weight excluding hydrogens is 402 g/mol. The highest BCUT2D eigenvalue weighted by Crippen LogP contribution is 2.25. The van der Waals surface area contributed by atoms with Gasteiger partial charge in [0.15, 0.2) is 0 Å². The van der Waals surface area contributed by atoms with E-state index in [4.69, 9.17) is 4.74 Å². The minimum absolute atomic E-state index is 0.106. The van der Waals surface area contributed by atoms with Crippen LogP contribution in [-0.2, 0) is 19.1 Å². The highest BCUT2D eigenvalue weighted by molar-refractivity contribution is 5.87. The Balaban J connectivity index is 1.91. The van der Waals surface area contributed by atoms with E-state index in [1.54, 1.807) is 32.6 Å². The average Bonchev–Trinajstić information content (AvgIpc) is 3.19. The molecule has 31 heavy (non-hydrogen) atoms. The summed E-state index contributed by atoms with van der Waals surface area (Å²) in [6, 6.07) is -1.43. The average molecular weight is 440 g/mol. The lowest BCUT2D eigenvalue weighted by Crippen LogP contribution is -2.53. The van der Waals surface area contributed by atoms with Crippen molar-refractivity contribution in [3.05, 3.63) is 0 Å². The van der Waals surface area contributed by atoms with Gasteiger partial charge in [0.2, 0.25) is 11.8 Å². The molecule has 2 rings (SSSR count). The zero-order chi connectivity index (χ0) is 23.3.